The van der Waals surface area contributed by atoms with E-state index in [0.29, 0.717) is 73.2 Å². The van der Waals surface area contributed by atoms with Gasteiger partial charge in [-0.25, -0.2) is 9.37 Å². The Kier molecular flexibility index (Phi) is 10.1. The van der Waals surface area contributed by atoms with Crippen molar-refractivity contribution in [1.82, 2.24) is 15.2 Å². The van der Waals surface area contributed by atoms with Crippen LogP contribution in [0.4, 0.5) is 10.1 Å². The molecule has 0 radical (unpaired) electrons. The molecule has 288 valence electrons. The summed E-state index contributed by atoms with van der Waals surface area (Å²) in [6.45, 7) is 4.42. The Bertz CT molecular complexity index is 2070. The largest absolute Gasteiger partial charge is 0.393 e. The maximum Gasteiger partial charge on any atom is 0.238 e. The number of anilines is 1. The van der Waals surface area contributed by atoms with Gasteiger partial charge in [0.2, 0.25) is 11.8 Å². The number of aliphatic hydroxyl groups excluding tert-OH is 2. The van der Waals surface area contributed by atoms with E-state index in [4.69, 9.17) is 23.2 Å². The highest BCUT2D eigenvalue weighted by atomic mass is 35.5. The summed E-state index contributed by atoms with van der Waals surface area (Å²) in [6, 6.07) is 23.5. The number of hydrogen-bond donors (Lipinski definition) is 4. The van der Waals surface area contributed by atoms with Crippen molar-refractivity contribution >= 4 is 40.7 Å². The molecule has 3 heterocycles. The van der Waals surface area contributed by atoms with E-state index < -0.39 is 47.0 Å². The first-order chi connectivity index (χ1) is 26.4. The highest BCUT2D eigenvalue weighted by molar-refractivity contribution is 6.31. The molecule has 8 nitrogen and oxygen atoms in total. The van der Waals surface area contributed by atoms with Crippen LogP contribution in [0.3, 0.4) is 0 Å². The van der Waals surface area contributed by atoms with Crippen LogP contribution in [0.5, 0.6) is 0 Å². The number of halogens is 3. The van der Waals surface area contributed by atoms with E-state index in [2.05, 4.69) is 34.4 Å². The van der Waals surface area contributed by atoms with Crippen LogP contribution in [0.1, 0.15) is 106 Å². The molecular weight excluding hydrogens is 738 g/mol. The number of rotatable bonds is 7. The normalized spacial score (nSPS) is 28.1. The molecule has 2 aliphatic carbocycles. The molecule has 2 spiro atoms. The lowest BCUT2D eigenvalue weighted by Gasteiger charge is -2.56. The predicted molar refractivity (Wildman–Crippen MR) is 211 cm³/mol. The summed E-state index contributed by atoms with van der Waals surface area (Å²) < 4.78 is 17.0. The Morgan fingerprint density at radius 1 is 0.927 bits per heavy atom. The van der Waals surface area contributed by atoms with Gasteiger partial charge in [-0.3, -0.25) is 14.5 Å². The van der Waals surface area contributed by atoms with E-state index in [1.165, 1.54) is 6.20 Å². The number of hydrogen-bond acceptors (Lipinski definition) is 6. The highest BCUT2D eigenvalue weighted by Gasteiger charge is 2.77. The number of nitrogens with one attached hydrogen (secondary N) is 2. The number of likely N-dealkylation sites (tertiary alicyclic amines) is 1. The lowest BCUT2D eigenvalue weighted by atomic mass is 9.53. The van der Waals surface area contributed by atoms with Crippen LogP contribution in [-0.4, -0.2) is 55.6 Å². The summed E-state index contributed by atoms with van der Waals surface area (Å²) in [4.78, 5) is 37.3. The summed E-state index contributed by atoms with van der Waals surface area (Å²) in [7, 11) is 0. The molecule has 55 heavy (non-hydrogen) atoms. The highest BCUT2D eigenvalue weighted by Crippen LogP contribution is 2.69. The first kappa shape index (κ1) is 38.0. The fourth-order valence-corrected chi connectivity index (χ4v) is 10.8. The Labute approximate surface area is 331 Å². The van der Waals surface area contributed by atoms with Gasteiger partial charge in [-0.2, -0.15) is 0 Å². The Hall–Kier alpha value is -3.86. The van der Waals surface area contributed by atoms with E-state index in [-0.39, 0.29) is 34.0 Å². The standard InChI is InChI=1S/C44H47Cl2FN4O4/c1-42(2)20-22-43(23-21-42)44(32-18-13-28(45)25-33(32)50-41(44)55)34(31-19-24-48-39(46)35(31)47)37(40(54)49-29-14-16-30(52)17-15-29)51(43)36(26-9-5-3-6-10-26)38(53)27-11-7-4-8-12-27/h3-13,18-19,24-25,29-30,34,36-38,52-53H,14-17,20-23H2,1-2H3,(H,49,54)(H,50,55)/t29-,30-,34-,36+,37+,38-,44?/m0/s1. The van der Waals surface area contributed by atoms with Crippen LogP contribution in [0.15, 0.2) is 91.1 Å². The van der Waals surface area contributed by atoms with Crippen molar-refractivity contribution in [3.8, 4) is 0 Å². The average molecular weight is 786 g/mol. The van der Waals surface area contributed by atoms with E-state index >= 15 is 14.0 Å². The number of pyridine rings is 1. The monoisotopic (exact) mass is 784 g/mol. The second kappa shape index (κ2) is 14.6. The molecule has 8 rings (SSSR count). The van der Waals surface area contributed by atoms with Crippen molar-refractivity contribution in [2.45, 2.75) is 112 Å². The second-order valence-corrected chi connectivity index (χ2v) is 17.5. The zero-order chi connectivity index (χ0) is 38.7. The molecule has 2 aliphatic heterocycles. The molecular formula is C44H47Cl2FN4O4. The molecule has 4 N–H and O–H groups in total. The molecule has 11 heteroatoms. The molecule has 4 aliphatic rings. The molecule has 3 aromatic carbocycles. The Morgan fingerprint density at radius 3 is 2.22 bits per heavy atom. The number of carbonyl (C=O) groups excluding carboxylic acids is 2. The van der Waals surface area contributed by atoms with E-state index in [1.54, 1.807) is 18.2 Å². The third-order valence-corrected chi connectivity index (χ3v) is 13.7. The number of aliphatic hydroxyl groups is 2. The maximum atomic E-state index is 17.0. The maximum absolute atomic E-state index is 17.0. The van der Waals surface area contributed by atoms with Crippen LogP contribution >= 0.6 is 23.2 Å². The fraction of sp³-hybridized carbons (Fsp3) is 0.432. The van der Waals surface area contributed by atoms with Gasteiger partial charge in [0.05, 0.1) is 24.3 Å². The molecule has 1 saturated heterocycles. The van der Waals surface area contributed by atoms with Crippen LogP contribution in [0, 0.1) is 11.2 Å². The summed E-state index contributed by atoms with van der Waals surface area (Å²) >= 11 is 13.1. The lowest BCUT2D eigenvalue weighted by molar-refractivity contribution is -0.137. The smallest absolute Gasteiger partial charge is 0.238 e. The van der Waals surface area contributed by atoms with Crippen molar-refractivity contribution < 1.29 is 24.2 Å². The fourth-order valence-electron chi connectivity index (χ4n) is 10.5. The van der Waals surface area contributed by atoms with Gasteiger partial charge in [0.1, 0.15) is 5.41 Å². The van der Waals surface area contributed by atoms with E-state index in [9.17, 15) is 10.2 Å². The van der Waals surface area contributed by atoms with Crippen LogP contribution in [0.25, 0.3) is 0 Å². The molecule has 0 bridgehead atoms. The lowest BCUT2D eigenvalue weighted by Crippen LogP contribution is -2.64. The van der Waals surface area contributed by atoms with E-state index in [0.717, 1.165) is 5.56 Å². The van der Waals surface area contributed by atoms with Crippen molar-refractivity contribution in [3.63, 3.8) is 0 Å². The third kappa shape index (κ3) is 6.27. The average Bonchev–Trinajstić information content (AvgIpc) is 3.60. The third-order valence-electron chi connectivity index (χ3n) is 13.2. The van der Waals surface area contributed by atoms with Gasteiger partial charge in [0.15, 0.2) is 11.0 Å². The van der Waals surface area contributed by atoms with Gasteiger partial charge in [-0.05, 0) is 97.2 Å². The molecule has 4 aromatic rings. The Balaban J connectivity index is 1.47. The van der Waals surface area contributed by atoms with Gasteiger partial charge in [0.25, 0.3) is 0 Å². The van der Waals surface area contributed by atoms with Gasteiger partial charge in [-0.1, -0.05) is 104 Å². The summed E-state index contributed by atoms with van der Waals surface area (Å²) in [6.07, 6.45) is 4.38. The van der Waals surface area contributed by atoms with E-state index in [1.807, 2.05) is 66.7 Å². The van der Waals surface area contributed by atoms with Gasteiger partial charge >= 0.3 is 0 Å². The quantitative estimate of drug-likeness (QED) is 0.140. The SMILES string of the molecule is CC1(C)CCC2(CC1)N([C@H](c1ccccc1)[C@@H](O)c1ccccc1)[C@@H](C(=O)N[C@H]1CC[C@H](O)CC1)[C@H](c1ccnc(Cl)c1F)C21C(=O)Nc2cc(Cl)ccc21. The van der Waals surface area contributed by atoms with Crippen molar-refractivity contribution in [1.29, 1.82) is 0 Å². The summed E-state index contributed by atoms with van der Waals surface area (Å²) in [5.41, 5.74) is -0.161. The summed E-state index contributed by atoms with van der Waals surface area (Å²) in [5.74, 6) is -2.66. The van der Waals surface area contributed by atoms with Crippen molar-refractivity contribution in [2.75, 3.05) is 5.32 Å². The minimum absolute atomic E-state index is 0.0969. The van der Waals surface area contributed by atoms with Gasteiger partial charge in [-0.15, -0.1) is 0 Å². The first-order valence-electron chi connectivity index (χ1n) is 19.3. The van der Waals surface area contributed by atoms with Crippen LogP contribution in [0.2, 0.25) is 10.2 Å². The molecule has 1 unspecified atom stereocenters. The first-order valence-corrected chi connectivity index (χ1v) is 20.1. The predicted octanol–water partition coefficient (Wildman–Crippen LogP) is 8.42. The molecule has 1 aromatic heterocycles. The van der Waals surface area contributed by atoms with Crippen molar-refractivity contribution in [2.24, 2.45) is 5.41 Å². The number of benzene rings is 3. The number of nitrogens with zero attached hydrogens (tertiary/aromatic N) is 2. The number of carbonyl (C=O) groups is 2. The number of amides is 2. The van der Waals surface area contributed by atoms with Gasteiger partial charge < -0.3 is 20.8 Å². The second-order valence-electron chi connectivity index (χ2n) is 16.7. The van der Waals surface area contributed by atoms with Gasteiger partial charge in [0, 0.05) is 34.4 Å². The minimum Gasteiger partial charge on any atom is -0.393 e. The number of fused-ring (bicyclic) bond motifs is 3. The van der Waals surface area contributed by atoms with Crippen LogP contribution in [-0.2, 0) is 15.0 Å². The minimum atomic E-state index is -1.55. The molecule has 3 fully saturated rings. The Morgan fingerprint density at radius 2 is 1.56 bits per heavy atom. The topological polar surface area (TPSA) is 115 Å². The molecule has 5 atom stereocenters. The zero-order valence-electron chi connectivity index (χ0n) is 31.0. The molecule has 2 amide bonds. The zero-order valence-corrected chi connectivity index (χ0v) is 32.5. The number of aromatic nitrogens is 1. The molecule has 2 saturated carbocycles. The van der Waals surface area contributed by atoms with Crippen molar-refractivity contribution in [3.05, 3.63) is 129 Å². The summed E-state index contributed by atoms with van der Waals surface area (Å²) in [5, 5.41) is 29.7. The van der Waals surface area contributed by atoms with Crippen LogP contribution < -0.4 is 10.6 Å².